The normalized spacial score (nSPS) is 21.9. The first-order valence-electron chi connectivity index (χ1n) is 10.8. The molecule has 0 aliphatic carbocycles. The summed E-state index contributed by atoms with van der Waals surface area (Å²) in [6.45, 7) is 1.67. The maximum atomic E-state index is 13.0. The van der Waals surface area contributed by atoms with E-state index in [-0.39, 0.29) is 28.7 Å². The Morgan fingerprint density at radius 1 is 1.12 bits per heavy atom. The minimum absolute atomic E-state index is 0.0271. The number of sulfonamides is 1. The van der Waals surface area contributed by atoms with Gasteiger partial charge in [0.05, 0.1) is 23.3 Å². The Kier molecular flexibility index (Phi) is 7.24. The Bertz CT molecular complexity index is 1050. The number of thiophene rings is 1. The molecule has 4 rings (SSSR count). The van der Waals surface area contributed by atoms with Gasteiger partial charge >= 0.3 is 0 Å². The molecule has 8 nitrogen and oxygen atoms in total. The van der Waals surface area contributed by atoms with Crippen molar-refractivity contribution < 1.29 is 22.7 Å². The molecule has 2 atom stereocenters. The fourth-order valence-corrected chi connectivity index (χ4v) is 6.71. The molecule has 0 bridgehead atoms. The summed E-state index contributed by atoms with van der Waals surface area (Å²) in [5.41, 5.74) is 0.790. The van der Waals surface area contributed by atoms with E-state index in [1.54, 1.807) is 41.8 Å². The van der Waals surface area contributed by atoms with Gasteiger partial charge < -0.3 is 15.4 Å². The number of rotatable bonds is 7. The van der Waals surface area contributed by atoms with E-state index >= 15 is 0 Å². The van der Waals surface area contributed by atoms with Gasteiger partial charge in [0.1, 0.15) is 4.21 Å². The van der Waals surface area contributed by atoms with Gasteiger partial charge in [-0.3, -0.25) is 9.59 Å². The van der Waals surface area contributed by atoms with Crippen molar-refractivity contribution in [3.63, 3.8) is 0 Å². The van der Waals surface area contributed by atoms with Crippen LogP contribution in [0.5, 0.6) is 0 Å². The minimum Gasteiger partial charge on any atom is -0.376 e. The highest BCUT2D eigenvalue weighted by Crippen LogP contribution is 2.27. The summed E-state index contributed by atoms with van der Waals surface area (Å²) >= 11 is 1.17. The Balaban J connectivity index is 1.41. The number of anilines is 1. The third-order valence-corrected chi connectivity index (χ3v) is 9.03. The molecule has 0 spiro atoms. The Morgan fingerprint density at radius 3 is 2.72 bits per heavy atom. The van der Waals surface area contributed by atoms with E-state index in [1.807, 2.05) is 0 Å². The third kappa shape index (κ3) is 5.20. The molecule has 2 fully saturated rings. The molecule has 2 aliphatic rings. The number of carbonyl (C=O) groups is 2. The third-order valence-electron chi connectivity index (χ3n) is 5.79. The molecule has 2 aliphatic heterocycles. The molecule has 2 aromatic rings. The molecule has 2 saturated heterocycles. The van der Waals surface area contributed by atoms with Gasteiger partial charge in [-0.1, -0.05) is 18.2 Å². The largest absolute Gasteiger partial charge is 0.376 e. The fourth-order valence-electron chi connectivity index (χ4n) is 4.04. The van der Waals surface area contributed by atoms with Gasteiger partial charge in [0, 0.05) is 26.2 Å². The SMILES string of the molecule is O=C(NC[C@@H]1CCCO1)c1ccccc1NC(=O)[C@H]1CCCN(S(=O)(=O)c2cccs2)C1. The molecule has 10 heteroatoms. The topological polar surface area (TPSA) is 105 Å². The van der Waals surface area contributed by atoms with Gasteiger partial charge in [-0.15, -0.1) is 11.3 Å². The van der Waals surface area contributed by atoms with Crippen LogP contribution in [0.3, 0.4) is 0 Å². The number of piperidine rings is 1. The van der Waals surface area contributed by atoms with E-state index in [0.29, 0.717) is 43.8 Å². The van der Waals surface area contributed by atoms with Crippen LogP contribution in [0.15, 0.2) is 46.0 Å². The molecule has 1 aromatic carbocycles. The molecule has 0 unspecified atom stereocenters. The highest BCUT2D eigenvalue weighted by atomic mass is 32.2. The maximum Gasteiger partial charge on any atom is 0.253 e. The Morgan fingerprint density at radius 2 is 1.97 bits per heavy atom. The molecule has 2 amide bonds. The molecule has 0 saturated carbocycles. The van der Waals surface area contributed by atoms with Crippen LogP contribution in [0, 0.1) is 5.92 Å². The number of para-hydroxylation sites is 1. The number of amides is 2. The lowest BCUT2D eigenvalue weighted by Crippen LogP contribution is -2.43. The number of ether oxygens (including phenoxy) is 1. The van der Waals surface area contributed by atoms with Crippen molar-refractivity contribution in [1.82, 2.24) is 9.62 Å². The number of benzene rings is 1. The average Bonchev–Trinajstić information content (AvgIpc) is 3.52. The highest BCUT2D eigenvalue weighted by molar-refractivity contribution is 7.91. The van der Waals surface area contributed by atoms with Crippen LogP contribution in [0.1, 0.15) is 36.0 Å². The summed E-state index contributed by atoms with van der Waals surface area (Å²) in [4.78, 5) is 25.7. The van der Waals surface area contributed by atoms with Gasteiger partial charge in [0.25, 0.3) is 15.9 Å². The van der Waals surface area contributed by atoms with Crippen LogP contribution >= 0.6 is 11.3 Å². The zero-order chi connectivity index (χ0) is 22.6. The van der Waals surface area contributed by atoms with Crippen molar-refractivity contribution >= 4 is 38.9 Å². The standard InChI is InChI=1S/C22H27N3O5S2/c26-21(16-6-3-11-25(15-16)32(28,29)20-10-5-13-31-20)24-19-9-2-1-8-18(19)22(27)23-14-17-7-4-12-30-17/h1-2,5,8-10,13,16-17H,3-4,6-7,11-12,14-15H2,(H,23,27)(H,24,26)/t16-,17-/m0/s1. The predicted octanol–water partition coefficient (Wildman–Crippen LogP) is 2.70. The molecule has 32 heavy (non-hydrogen) atoms. The summed E-state index contributed by atoms with van der Waals surface area (Å²) in [6, 6.07) is 10.1. The summed E-state index contributed by atoms with van der Waals surface area (Å²) in [7, 11) is -3.60. The average molecular weight is 478 g/mol. The number of nitrogens with zero attached hydrogens (tertiary/aromatic N) is 1. The second kappa shape index (κ2) is 10.1. The van der Waals surface area contributed by atoms with Gasteiger partial charge in [-0.25, -0.2) is 8.42 Å². The Labute approximate surface area is 192 Å². The van der Waals surface area contributed by atoms with Crippen LogP contribution in [0.25, 0.3) is 0 Å². The quantitative estimate of drug-likeness (QED) is 0.638. The minimum atomic E-state index is -3.60. The molecule has 0 radical (unpaired) electrons. The van der Waals surface area contributed by atoms with Crippen molar-refractivity contribution in [2.45, 2.75) is 36.0 Å². The van der Waals surface area contributed by atoms with E-state index in [4.69, 9.17) is 4.74 Å². The summed E-state index contributed by atoms with van der Waals surface area (Å²) in [5, 5.41) is 7.45. The van der Waals surface area contributed by atoms with Crippen LogP contribution in [0.2, 0.25) is 0 Å². The summed E-state index contributed by atoms with van der Waals surface area (Å²) in [5.74, 6) is -1.04. The molecule has 172 valence electrons. The van der Waals surface area contributed by atoms with E-state index in [0.717, 1.165) is 12.8 Å². The maximum absolute atomic E-state index is 13.0. The first-order valence-corrected chi connectivity index (χ1v) is 13.1. The lowest BCUT2D eigenvalue weighted by atomic mass is 9.98. The second-order valence-electron chi connectivity index (χ2n) is 8.01. The van der Waals surface area contributed by atoms with Gasteiger partial charge in [0.2, 0.25) is 5.91 Å². The second-order valence-corrected chi connectivity index (χ2v) is 11.1. The summed E-state index contributed by atoms with van der Waals surface area (Å²) < 4.78 is 32.9. The lowest BCUT2D eigenvalue weighted by molar-refractivity contribution is -0.120. The molecular weight excluding hydrogens is 450 g/mol. The monoisotopic (exact) mass is 477 g/mol. The lowest BCUT2D eigenvalue weighted by Gasteiger charge is -2.31. The first kappa shape index (κ1) is 22.9. The van der Waals surface area contributed by atoms with Crippen LogP contribution in [0.4, 0.5) is 5.69 Å². The van der Waals surface area contributed by atoms with Crippen LogP contribution in [-0.4, -0.2) is 56.9 Å². The zero-order valence-electron chi connectivity index (χ0n) is 17.7. The number of hydrogen-bond acceptors (Lipinski definition) is 6. The van der Waals surface area contributed by atoms with Crippen LogP contribution in [-0.2, 0) is 19.6 Å². The molecule has 2 N–H and O–H groups in total. The number of nitrogens with one attached hydrogen (secondary N) is 2. The van der Waals surface area contributed by atoms with E-state index in [1.165, 1.54) is 15.6 Å². The first-order chi connectivity index (χ1) is 15.4. The van der Waals surface area contributed by atoms with E-state index < -0.39 is 15.9 Å². The van der Waals surface area contributed by atoms with E-state index in [2.05, 4.69) is 10.6 Å². The predicted molar refractivity (Wildman–Crippen MR) is 122 cm³/mol. The van der Waals surface area contributed by atoms with Crippen molar-refractivity contribution in [3.05, 3.63) is 47.3 Å². The van der Waals surface area contributed by atoms with Crippen LogP contribution < -0.4 is 10.6 Å². The van der Waals surface area contributed by atoms with Gasteiger partial charge in [-0.05, 0) is 49.3 Å². The Hall–Kier alpha value is -2.27. The molecular formula is C22H27N3O5S2. The summed E-state index contributed by atoms with van der Waals surface area (Å²) in [6.07, 6.45) is 3.14. The number of carbonyl (C=O) groups excluding carboxylic acids is 2. The smallest absolute Gasteiger partial charge is 0.253 e. The zero-order valence-corrected chi connectivity index (χ0v) is 19.3. The fraction of sp³-hybridized carbons (Fsp3) is 0.455. The van der Waals surface area contributed by atoms with E-state index in [9.17, 15) is 18.0 Å². The highest BCUT2D eigenvalue weighted by Gasteiger charge is 2.34. The molecule has 3 heterocycles. The van der Waals surface area contributed by atoms with Crippen molar-refractivity contribution in [3.8, 4) is 0 Å². The van der Waals surface area contributed by atoms with Crippen molar-refractivity contribution in [2.24, 2.45) is 5.92 Å². The molecule has 1 aromatic heterocycles. The number of hydrogen-bond donors (Lipinski definition) is 2. The van der Waals surface area contributed by atoms with Gasteiger partial charge in [0.15, 0.2) is 0 Å². The van der Waals surface area contributed by atoms with Gasteiger partial charge in [-0.2, -0.15) is 4.31 Å². The van der Waals surface area contributed by atoms with Crippen molar-refractivity contribution in [1.29, 1.82) is 0 Å². The van der Waals surface area contributed by atoms with Crippen molar-refractivity contribution in [2.75, 3.05) is 31.6 Å².